The van der Waals surface area contributed by atoms with Gasteiger partial charge in [-0.25, -0.2) is 4.98 Å². The number of nitrogens with zero attached hydrogens (tertiary/aromatic N) is 2. The van der Waals surface area contributed by atoms with E-state index in [2.05, 4.69) is 30.7 Å². The molecule has 2 rings (SSSR count). The molecule has 0 saturated heterocycles. The molecule has 0 spiro atoms. The Labute approximate surface area is 85.1 Å². The number of aryl methyl sites for hydroxylation is 1. The summed E-state index contributed by atoms with van der Waals surface area (Å²) < 4.78 is 5.58. The van der Waals surface area contributed by atoms with E-state index < -0.39 is 0 Å². The number of hydrogen-bond acceptors (Lipinski definition) is 3. The summed E-state index contributed by atoms with van der Waals surface area (Å²) in [5.41, 5.74) is 1.38. The lowest BCUT2D eigenvalue weighted by Gasteiger charge is -2.37. The van der Waals surface area contributed by atoms with Crippen LogP contribution >= 0.6 is 0 Å². The lowest BCUT2D eigenvalue weighted by atomic mass is 10.0. The van der Waals surface area contributed by atoms with E-state index in [1.165, 1.54) is 0 Å². The fourth-order valence-electron chi connectivity index (χ4n) is 1.90. The normalized spacial score (nSPS) is 18.3. The van der Waals surface area contributed by atoms with E-state index in [0.29, 0.717) is 0 Å². The Hall–Kier alpha value is -0.830. The second-order valence-corrected chi connectivity index (χ2v) is 4.95. The minimum Gasteiger partial charge on any atom is -0.444 e. The van der Waals surface area contributed by atoms with Crippen LogP contribution in [-0.4, -0.2) is 22.0 Å². The molecule has 14 heavy (non-hydrogen) atoms. The van der Waals surface area contributed by atoms with E-state index in [1.807, 2.05) is 6.92 Å². The van der Waals surface area contributed by atoms with Crippen molar-refractivity contribution in [1.82, 2.24) is 9.88 Å². The molecule has 0 bridgehead atoms. The molecule has 0 radical (unpaired) electrons. The molecule has 3 nitrogen and oxygen atoms in total. The van der Waals surface area contributed by atoms with Gasteiger partial charge in [0.1, 0.15) is 5.76 Å². The van der Waals surface area contributed by atoms with E-state index in [4.69, 9.17) is 4.42 Å². The number of hydrogen-bond donors (Lipinski definition) is 0. The molecule has 1 aromatic heterocycles. The molecule has 3 heteroatoms. The second kappa shape index (κ2) is 3.09. The Morgan fingerprint density at radius 1 is 1.36 bits per heavy atom. The first-order valence-corrected chi connectivity index (χ1v) is 5.17. The summed E-state index contributed by atoms with van der Waals surface area (Å²) in [6.45, 7) is 10.6. The lowest BCUT2D eigenvalue weighted by molar-refractivity contribution is 0.108. The van der Waals surface area contributed by atoms with Crippen molar-refractivity contribution in [3.05, 3.63) is 17.3 Å². The minimum atomic E-state index is 0.221. The van der Waals surface area contributed by atoms with Crippen molar-refractivity contribution in [2.24, 2.45) is 0 Å². The highest BCUT2D eigenvalue weighted by molar-refractivity contribution is 5.13. The maximum Gasteiger partial charge on any atom is 0.191 e. The molecular weight excluding hydrogens is 176 g/mol. The zero-order valence-electron chi connectivity index (χ0n) is 9.42. The molecule has 0 atom stereocenters. The Bertz CT molecular complexity index is 336. The van der Waals surface area contributed by atoms with Crippen LogP contribution in [0.5, 0.6) is 0 Å². The van der Waals surface area contributed by atoms with Crippen molar-refractivity contribution < 1.29 is 4.42 Å². The third kappa shape index (κ3) is 1.69. The van der Waals surface area contributed by atoms with Gasteiger partial charge < -0.3 is 4.42 Å². The highest BCUT2D eigenvalue weighted by Gasteiger charge is 2.28. The van der Waals surface area contributed by atoms with E-state index in [0.717, 1.165) is 36.9 Å². The zero-order chi connectivity index (χ0) is 10.3. The van der Waals surface area contributed by atoms with E-state index >= 15 is 0 Å². The van der Waals surface area contributed by atoms with Gasteiger partial charge in [0, 0.05) is 25.4 Å². The third-order valence-corrected chi connectivity index (χ3v) is 2.79. The van der Waals surface area contributed by atoms with Gasteiger partial charge in [0.05, 0.1) is 12.2 Å². The summed E-state index contributed by atoms with van der Waals surface area (Å²) in [5.74, 6) is 1.86. The molecule has 0 N–H and O–H groups in total. The summed E-state index contributed by atoms with van der Waals surface area (Å²) in [6.07, 6.45) is 1.02. The molecule has 78 valence electrons. The van der Waals surface area contributed by atoms with Crippen LogP contribution in [0.25, 0.3) is 0 Å². The summed E-state index contributed by atoms with van der Waals surface area (Å²) in [5, 5.41) is 0. The summed E-state index contributed by atoms with van der Waals surface area (Å²) >= 11 is 0. The average molecular weight is 194 g/mol. The fraction of sp³-hybridized carbons (Fsp3) is 0.727. The van der Waals surface area contributed by atoms with Crippen LogP contribution in [0.4, 0.5) is 0 Å². The maximum absolute atomic E-state index is 5.58. The van der Waals surface area contributed by atoms with E-state index in [-0.39, 0.29) is 5.54 Å². The first-order chi connectivity index (χ1) is 6.47. The van der Waals surface area contributed by atoms with Gasteiger partial charge in [-0.2, -0.15) is 0 Å². The van der Waals surface area contributed by atoms with Crippen LogP contribution in [0.15, 0.2) is 4.42 Å². The molecule has 1 aliphatic rings. The molecule has 0 aromatic carbocycles. The Morgan fingerprint density at radius 3 is 2.71 bits per heavy atom. The second-order valence-electron chi connectivity index (χ2n) is 4.95. The highest BCUT2D eigenvalue weighted by Crippen LogP contribution is 2.25. The molecule has 1 aliphatic heterocycles. The van der Waals surface area contributed by atoms with Gasteiger partial charge >= 0.3 is 0 Å². The van der Waals surface area contributed by atoms with Crippen LogP contribution in [0.3, 0.4) is 0 Å². The molecule has 0 fully saturated rings. The van der Waals surface area contributed by atoms with Gasteiger partial charge in [-0.15, -0.1) is 0 Å². The van der Waals surface area contributed by atoms with Gasteiger partial charge in [-0.3, -0.25) is 4.90 Å². The molecule has 0 saturated carbocycles. The number of fused-ring (bicyclic) bond motifs is 1. The van der Waals surface area contributed by atoms with Gasteiger partial charge in [-0.05, 0) is 20.8 Å². The minimum absolute atomic E-state index is 0.221. The smallest absolute Gasteiger partial charge is 0.191 e. The Kier molecular flexibility index (Phi) is 2.14. The van der Waals surface area contributed by atoms with Crippen LogP contribution in [0.2, 0.25) is 0 Å². The van der Waals surface area contributed by atoms with E-state index in [9.17, 15) is 0 Å². The Morgan fingerprint density at radius 2 is 2.07 bits per heavy atom. The van der Waals surface area contributed by atoms with Crippen LogP contribution in [-0.2, 0) is 13.0 Å². The quantitative estimate of drug-likeness (QED) is 0.633. The Balaban J connectivity index is 2.21. The first-order valence-electron chi connectivity index (χ1n) is 5.17. The van der Waals surface area contributed by atoms with Crippen molar-refractivity contribution in [3.8, 4) is 0 Å². The summed E-state index contributed by atoms with van der Waals surface area (Å²) in [6, 6.07) is 0. The zero-order valence-corrected chi connectivity index (χ0v) is 9.42. The predicted molar refractivity (Wildman–Crippen MR) is 55.1 cm³/mol. The lowest BCUT2D eigenvalue weighted by Crippen LogP contribution is -2.44. The van der Waals surface area contributed by atoms with Crippen molar-refractivity contribution in [2.75, 3.05) is 6.54 Å². The SMILES string of the molecule is Cc1nc2c(o1)CN(C(C)(C)C)CC2. The summed E-state index contributed by atoms with van der Waals surface area (Å²) in [7, 11) is 0. The number of aromatic nitrogens is 1. The van der Waals surface area contributed by atoms with Crippen LogP contribution in [0, 0.1) is 6.92 Å². The van der Waals surface area contributed by atoms with Crippen LogP contribution in [0.1, 0.15) is 38.1 Å². The molecular formula is C11H18N2O. The highest BCUT2D eigenvalue weighted by atomic mass is 16.4. The van der Waals surface area contributed by atoms with Crippen molar-refractivity contribution in [3.63, 3.8) is 0 Å². The summed E-state index contributed by atoms with van der Waals surface area (Å²) in [4.78, 5) is 6.80. The monoisotopic (exact) mass is 194 g/mol. The number of oxazole rings is 1. The van der Waals surface area contributed by atoms with Gasteiger partial charge in [0.15, 0.2) is 5.89 Å². The molecule has 0 amide bonds. The molecule has 1 aromatic rings. The van der Waals surface area contributed by atoms with Crippen molar-refractivity contribution in [1.29, 1.82) is 0 Å². The molecule has 0 unspecified atom stereocenters. The van der Waals surface area contributed by atoms with Gasteiger partial charge in [-0.1, -0.05) is 0 Å². The first kappa shape index (κ1) is 9.71. The van der Waals surface area contributed by atoms with Crippen molar-refractivity contribution in [2.45, 2.75) is 46.2 Å². The largest absolute Gasteiger partial charge is 0.444 e. The molecule has 2 heterocycles. The molecule has 0 aliphatic carbocycles. The van der Waals surface area contributed by atoms with Gasteiger partial charge in [0.2, 0.25) is 0 Å². The standard InChI is InChI=1S/C11H18N2O/c1-8-12-9-5-6-13(11(2,3)4)7-10(9)14-8/h5-7H2,1-4H3. The predicted octanol–water partition coefficient (Wildman–Crippen LogP) is 2.14. The fourth-order valence-corrected chi connectivity index (χ4v) is 1.90. The average Bonchev–Trinajstić information content (AvgIpc) is 2.41. The topological polar surface area (TPSA) is 29.3 Å². The van der Waals surface area contributed by atoms with Gasteiger partial charge in [0.25, 0.3) is 0 Å². The van der Waals surface area contributed by atoms with E-state index in [1.54, 1.807) is 0 Å². The maximum atomic E-state index is 5.58. The number of rotatable bonds is 0. The van der Waals surface area contributed by atoms with Crippen LogP contribution < -0.4 is 0 Å². The van der Waals surface area contributed by atoms with Crippen molar-refractivity contribution >= 4 is 0 Å². The third-order valence-electron chi connectivity index (χ3n) is 2.79.